The molecule has 0 aromatic rings. The molecule has 6 aliphatic rings. The fourth-order valence-corrected chi connectivity index (χ4v) is 11.0. The number of amides is 5. The van der Waals surface area contributed by atoms with E-state index < -0.39 is 29.6 Å². The van der Waals surface area contributed by atoms with E-state index in [1.54, 1.807) is 0 Å². The van der Waals surface area contributed by atoms with Crippen LogP contribution >= 0.6 is 0 Å². The topological polar surface area (TPSA) is 209 Å². The maximum absolute atomic E-state index is 14.1. The van der Waals surface area contributed by atoms with E-state index in [0.29, 0.717) is 57.8 Å². The summed E-state index contributed by atoms with van der Waals surface area (Å²) in [6.45, 7) is 0. The van der Waals surface area contributed by atoms with Gasteiger partial charge in [0.05, 0.1) is 35.5 Å². The summed E-state index contributed by atoms with van der Waals surface area (Å²) in [7, 11) is 0. The van der Waals surface area contributed by atoms with Gasteiger partial charge in [0.25, 0.3) is 0 Å². The van der Waals surface area contributed by atoms with Crippen LogP contribution in [0.15, 0.2) is 0 Å². The smallest absolute Gasteiger partial charge is 0.308 e. The van der Waals surface area contributed by atoms with Crippen LogP contribution in [0.25, 0.3) is 0 Å². The molecule has 0 saturated heterocycles. The van der Waals surface area contributed by atoms with Crippen LogP contribution in [-0.2, 0) is 28.8 Å². The molecule has 13 heteroatoms. The first-order valence-electron chi connectivity index (χ1n) is 22.1. The molecule has 6 aliphatic carbocycles. The molecule has 13 nitrogen and oxygen atoms in total. The molecule has 0 heterocycles. The van der Waals surface area contributed by atoms with Gasteiger partial charge in [-0.05, 0) is 77.0 Å². The highest BCUT2D eigenvalue weighted by Gasteiger charge is 2.42. The number of carbonyl (C=O) groups is 6. The Balaban J connectivity index is 1.04. The SMILES string of the molecule is N[C@H]1CCCC[C@@H]1C(=O)N[C@H]1CCCC[C@@H]1C(=O)N[C@H]1CCCC[C@@H]1C(=O)N[C@H]1CCCC[C@@H]1C(=O)N[C@H]1CCCC[C@@H]1C(=O)N[C@H]1CCCC[C@@H]1C(=O)O. The van der Waals surface area contributed by atoms with Crippen molar-refractivity contribution in [1.82, 2.24) is 26.6 Å². The maximum atomic E-state index is 14.1. The van der Waals surface area contributed by atoms with Gasteiger partial charge in [0.2, 0.25) is 29.5 Å². The summed E-state index contributed by atoms with van der Waals surface area (Å²) < 4.78 is 0. The molecule has 6 saturated carbocycles. The van der Waals surface area contributed by atoms with Crippen molar-refractivity contribution in [2.75, 3.05) is 0 Å². The summed E-state index contributed by atoms with van der Waals surface area (Å²) in [5.41, 5.74) is 6.31. The van der Waals surface area contributed by atoms with Crippen molar-refractivity contribution in [1.29, 1.82) is 0 Å². The largest absolute Gasteiger partial charge is 0.481 e. The maximum Gasteiger partial charge on any atom is 0.308 e. The second-order valence-corrected chi connectivity index (χ2v) is 17.9. The van der Waals surface area contributed by atoms with Crippen LogP contribution in [-0.4, -0.2) is 76.9 Å². The van der Waals surface area contributed by atoms with E-state index in [4.69, 9.17) is 5.73 Å². The van der Waals surface area contributed by atoms with Gasteiger partial charge in [0.1, 0.15) is 0 Å². The number of nitrogens with two attached hydrogens (primary N) is 1. The Bertz CT molecular complexity index is 1380. The molecule has 308 valence electrons. The molecule has 55 heavy (non-hydrogen) atoms. The van der Waals surface area contributed by atoms with Crippen molar-refractivity contribution in [3.8, 4) is 0 Å². The predicted octanol–water partition coefficient (Wildman–Crippen LogP) is 3.96. The van der Waals surface area contributed by atoms with E-state index in [2.05, 4.69) is 26.6 Å². The first-order chi connectivity index (χ1) is 26.6. The van der Waals surface area contributed by atoms with E-state index >= 15 is 0 Å². The van der Waals surface area contributed by atoms with Crippen molar-refractivity contribution in [2.24, 2.45) is 41.2 Å². The molecular weight excluding hydrogens is 700 g/mol. The predicted molar refractivity (Wildman–Crippen MR) is 207 cm³/mol. The Labute approximate surface area is 327 Å². The number of hydrogen-bond donors (Lipinski definition) is 7. The zero-order chi connectivity index (χ0) is 38.9. The highest BCUT2D eigenvalue weighted by atomic mass is 16.4. The highest BCUT2D eigenvalue weighted by Crippen LogP contribution is 2.33. The zero-order valence-electron chi connectivity index (χ0n) is 32.9. The molecule has 0 aromatic carbocycles. The molecular formula is C42H68N6O7. The standard InChI is InChI=1S/C42H68N6O7/c43-31-19-7-1-13-25(31)37(49)44-32-20-8-2-14-26(32)38(50)45-33-21-9-3-15-27(33)39(51)46-34-22-10-4-16-28(34)40(52)47-35-23-11-5-17-29(35)41(53)48-36-24-12-6-18-30(36)42(54)55/h25-36H,1-24,43H2,(H,44,49)(H,45,50)(H,46,51)(H,47,52)(H,48,53)(H,54,55)/t25-,26-,27-,28-,29-,30-,31-,32-,33-,34-,35-,36-/m0/s1. The van der Waals surface area contributed by atoms with Gasteiger partial charge in [-0.3, -0.25) is 28.8 Å². The summed E-state index contributed by atoms with van der Waals surface area (Å²) in [4.78, 5) is 80.6. The normalized spacial score (nSPS) is 37.0. The van der Waals surface area contributed by atoms with Gasteiger partial charge < -0.3 is 37.4 Å². The van der Waals surface area contributed by atoms with Crippen LogP contribution in [0.2, 0.25) is 0 Å². The van der Waals surface area contributed by atoms with E-state index in [1.165, 1.54) is 0 Å². The summed E-state index contributed by atoms with van der Waals surface area (Å²) in [5, 5.41) is 25.8. The summed E-state index contributed by atoms with van der Waals surface area (Å²) >= 11 is 0. The first-order valence-corrected chi connectivity index (χ1v) is 22.1. The number of nitrogens with one attached hydrogen (secondary N) is 5. The summed E-state index contributed by atoms with van der Waals surface area (Å²) in [6.07, 6.45) is 19.4. The highest BCUT2D eigenvalue weighted by molar-refractivity contribution is 5.87. The minimum absolute atomic E-state index is 0.0338. The van der Waals surface area contributed by atoms with Crippen molar-refractivity contribution >= 4 is 35.5 Å². The monoisotopic (exact) mass is 769 g/mol. The van der Waals surface area contributed by atoms with E-state index in [9.17, 15) is 33.9 Å². The van der Waals surface area contributed by atoms with Gasteiger partial charge in [-0.2, -0.15) is 0 Å². The lowest BCUT2D eigenvalue weighted by Crippen LogP contribution is -2.57. The van der Waals surface area contributed by atoms with Crippen LogP contribution in [0.3, 0.4) is 0 Å². The molecule has 0 spiro atoms. The van der Waals surface area contributed by atoms with E-state index in [1.807, 2.05) is 0 Å². The van der Waals surface area contributed by atoms with Crippen LogP contribution < -0.4 is 32.3 Å². The zero-order valence-corrected chi connectivity index (χ0v) is 32.9. The lowest BCUT2D eigenvalue weighted by atomic mass is 9.79. The molecule has 0 aromatic heterocycles. The van der Waals surface area contributed by atoms with Crippen molar-refractivity contribution in [3.63, 3.8) is 0 Å². The summed E-state index contributed by atoms with van der Waals surface area (Å²) in [6, 6.07) is -1.75. The molecule has 0 aliphatic heterocycles. The number of carboxylic acids is 1. The third kappa shape index (κ3) is 10.6. The molecule has 0 unspecified atom stereocenters. The molecule has 0 radical (unpaired) electrons. The summed E-state index contributed by atoms with van der Waals surface area (Å²) in [5.74, 6) is -3.80. The average Bonchev–Trinajstić information content (AvgIpc) is 3.19. The van der Waals surface area contributed by atoms with Crippen LogP contribution in [0.1, 0.15) is 154 Å². The molecule has 5 amide bonds. The lowest BCUT2D eigenvalue weighted by Gasteiger charge is -2.39. The Hall–Kier alpha value is -3.22. The van der Waals surface area contributed by atoms with Crippen LogP contribution in [0, 0.1) is 35.5 Å². The van der Waals surface area contributed by atoms with Crippen molar-refractivity contribution in [2.45, 2.75) is 190 Å². The molecule has 8 N–H and O–H groups in total. The third-order valence-corrected chi connectivity index (χ3v) is 14.3. The molecule has 0 bridgehead atoms. The van der Waals surface area contributed by atoms with E-state index in [0.717, 1.165) is 96.3 Å². The lowest BCUT2D eigenvalue weighted by molar-refractivity contribution is -0.144. The van der Waals surface area contributed by atoms with Gasteiger partial charge in [0, 0.05) is 36.3 Å². The fourth-order valence-electron chi connectivity index (χ4n) is 11.0. The average molecular weight is 769 g/mol. The Morgan fingerprint density at radius 2 is 0.545 bits per heavy atom. The second kappa shape index (κ2) is 19.8. The number of rotatable bonds is 11. The molecule has 12 atom stereocenters. The Morgan fingerprint density at radius 3 is 0.836 bits per heavy atom. The Kier molecular flexibility index (Phi) is 14.9. The Morgan fingerprint density at radius 1 is 0.327 bits per heavy atom. The number of hydrogen-bond acceptors (Lipinski definition) is 7. The number of carbonyl (C=O) groups excluding carboxylic acids is 5. The van der Waals surface area contributed by atoms with Gasteiger partial charge >= 0.3 is 5.97 Å². The molecule has 6 rings (SSSR count). The van der Waals surface area contributed by atoms with Gasteiger partial charge in [0.15, 0.2) is 0 Å². The van der Waals surface area contributed by atoms with Crippen LogP contribution in [0.5, 0.6) is 0 Å². The fraction of sp³-hybridized carbons (Fsp3) is 0.857. The quantitative estimate of drug-likeness (QED) is 0.163. The van der Waals surface area contributed by atoms with Crippen molar-refractivity contribution in [3.05, 3.63) is 0 Å². The van der Waals surface area contributed by atoms with Gasteiger partial charge in [-0.1, -0.05) is 77.0 Å². The second-order valence-electron chi connectivity index (χ2n) is 17.9. The van der Waals surface area contributed by atoms with Crippen LogP contribution in [0.4, 0.5) is 0 Å². The van der Waals surface area contributed by atoms with Gasteiger partial charge in [-0.25, -0.2) is 0 Å². The third-order valence-electron chi connectivity index (χ3n) is 14.3. The minimum atomic E-state index is -0.871. The minimum Gasteiger partial charge on any atom is -0.481 e. The van der Waals surface area contributed by atoms with Crippen molar-refractivity contribution < 1.29 is 33.9 Å². The van der Waals surface area contributed by atoms with Gasteiger partial charge in [-0.15, -0.1) is 0 Å². The first kappa shape index (κ1) is 41.4. The number of aliphatic carboxylic acids is 1. The van der Waals surface area contributed by atoms with E-state index in [-0.39, 0.29) is 77.6 Å². The molecule has 6 fully saturated rings. The number of carboxylic acid groups (broad SMARTS) is 1.